The van der Waals surface area contributed by atoms with Gasteiger partial charge in [0.2, 0.25) is 5.95 Å². The van der Waals surface area contributed by atoms with Crippen molar-refractivity contribution in [2.24, 2.45) is 0 Å². The van der Waals surface area contributed by atoms with Crippen LogP contribution in [0.4, 0.5) is 5.95 Å². The van der Waals surface area contributed by atoms with Crippen molar-refractivity contribution < 1.29 is 9.53 Å². The first-order chi connectivity index (χ1) is 10.6. The van der Waals surface area contributed by atoms with Crippen molar-refractivity contribution in [1.82, 2.24) is 19.9 Å². The Morgan fingerprint density at radius 3 is 3.05 bits per heavy atom. The number of anilines is 1. The van der Waals surface area contributed by atoms with Crippen molar-refractivity contribution in [3.8, 4) is 0 Å². The molecular formula is C15H19N5O2. The smallest absolute Gasteiger partial charge is 0.255 e. The molecule has 1 saturated heterocycles. The third-order valence-electron chi connectivity index (χ3n) is 3.59. The van der Waals surface area contributed by atoms with Gasteiger partial charge in [-0.3, -0.25) is 4.79 Å². The first-order valence-electron chi connectivity index (χ1n) is 7.19. The van der Waals surface area contributed by atoms with Gasteiger partial charge in [0, 0.05) is 39.2 Å². The minimum atomic E-state index is -0.224. The number of aromatic amines is 1. The Morgan fingerprint density at radius 1 is 1.45 bits per heavy atom. The number of amides is 1. The van der Waals surface area contributed by atoms with Gasteiger partial charge in [-0.1, -0.05) is 0 Å². The van der Waals surface area contributed by atoms with E-state index in [0.29, 0.717) is 31.2 Å². The molecule has 3 rings (SSSR count). The first kappa shape index (κ1) is 14.5. The largest absolute Gasteiger partial charge is 0.368 e. The van der Waals surface area contributed by atoms with Gasteiger partial charge in [-0.05, 0) is 12.1 Å². The second kappa shape index (κ2) is 6.15. The molecule has 7 heteroatoms. The Kier molecular flexibility index (Phi) is 4.06. The molecule has 1 amide bonds. The molecular weight excluding hydrogens is 282 g/mol. The molecule has 0 radical (unpaired) electrons. The van der Waals surface area contributed by atoms with Crippen molar-refractivity contribution in [3.63, 3.8) is 0 Å². The summed E-state index contributed by atoms with van der Waals surface area (Å²) in [5, 5.41) is 0. The predicted molar refractivity (Wildman–Crippen MR) is 81.7 cm³/mol. The van der Waals surface area contributed by atoms with Gasteiger partial charge in [-0.15, -0.1) is 0 Å². The number of hydrogen-bond acceptors (Lipinski definition) is 5. The highest BCUT2D eigenvalue weighted by Crippen LogP contribution is 2.22. The minimum Gasteiger partial charge on any atom is -0.368 e. The Morgan fingerprint density at radius 2 is 2.32 bits per heavy atom. The fourth-order valence-corrected chi connectivity index (χ4v) is 2.41. The summed E-state index contributed by atoms with van der Waals surface area (Å²) < 4.78 is 5.79. The topological polar surface area (TPSA) is 74.4 Å². The summed E-state index contributed by atoms with van der Waals surface area (Å²) in [7, 11) is 3.78. The maximum Gasteiger partial charge on any atom is 0.255 e. The average Bonchev–Trinajstić information content (AvgIpc) is 3.09. The summed E-state index contributed by atoms with van der Waals surface area (Å²) in [5.74, 6) is 0.645. The molecule has 2 aromatic rings. The molecule has 1 aliphatic rings. The van der Waals surface area contributed by atoms with E-state index in [4.69, 9.17) is 4.74 Å². The Labute approximate surface area is 128 Å². The zero-order chi connectivity index (χ0) is 15.5. The number of morpholine rings is 1. The van der Waals surface area contributed by atoms with E-state index in [1.54, 1.807) is 29.6 Å². The van der Waals surface area contributed by atoms with E-state index in [2.05, 4.69) is 15.0 Å². The zero-order valence-electron chi connectivity index (χ0n) is 12.7. The summed E-state index contributed by atoms with van der Waals surface area (Å²) in [6.45, 7) is 1.59. The average molecular weight is 301 g/mol. The second-order valence-corrected chi connectivity index (χ2v) is 5.39. The van der Waals surface area contributed by atoms with Crippen LogP contribution >= 0.6 is 0 Å². The van der Waals surface area contributed by atoms with Crippen molar-refractivity contribution in [1.29, 1.82) is 0 Å². The quantitative estimate of drug-likeness (QED) is 0.918. The standard InChI is InChI=1S/C15H19N5O2/c1-19(2)15-17-6-4-12(18-15)13-10-20(7-8-22-13)14(21)11-3-5-16-9-11/h3-6,9,13,16H,7-8,10H2,1-2H3/t13-/m0/s1. The summed E-state index contributed by atoms with van der Waals surface area (Å²) in [4.78, 5) is 27.7. The molecule has 0 aromatic carbocycles. The van der Waals surface area contributed by atoms with Crippen molar-refractivity contribution in [2.45, 2.75) is 6.10 Å². The van der Waals surface area contributed by atoms with Crippen molar-refractivity contribution in [2.75, 3.05) is 38.7 Å². The van der Waals surface area contributed by atoms with Gasteiger partial charge in [-0.2, -0.15) is 0 Å². The van der Waals surface area contributed by atoms with Gasteiger partial charge in [-0.25, -0.2) is 9.97 Å². The van der Waals surface area contributed by atoms with Gasteiger partial charge in [0.25, 0.3) is 5.91 Å². The van der Waals surface area contributed by atoms with E-state index in [9.17, 15) is 4.79 Å². The lowest BCUT2D eigenvalue weighted by Gasteiger charge is -2.32. The fraction of sp³-hybridized carbons (Fsp3) is 0.400. The van der Waals surface area contributed by atoms with Crippen LogP contribution in [-0.4, -0.2) is 59.6 Å². The number of nitrogens with one attached hydrogen (secondary N) is 1. The molecule has 1 aliphatic heterocycles. The number of ether oxygens (including phenoxy) is 1. The van der Waals surface area contributed by atoms with Crippen LogP contribution in [0.15, 0.2) is 30.7 Å². The maximum absolute atomic E-state index is 12.4. The van der Waals surface area contributed by atoms with Gasteiger partial charge in [0.15, 0.2) is 0 Å². The fourth-order valence-electron chi connectivity index (χ4n) is 2.41. The molecule has 7 nitrogen and oxygen atoms in total. The van der Waals surface area contributed by atoms with E-state index in [0.717, 1.165) is 5.69 Å². The molecule has 0 bridgehead atoms. The number of carbonyl (C=O) groups is 1. The molecule has 1 N–H and O–H groups in total. The van der Waals surface area contributed by atoms with Crippen LogP contribution in [0.5, 0.6) is 0 Å². The molecule has 0 spiro atoms. The van der Waals surface area contributed by atoms with Gasteiger partial charge in [0.1, 0.15) is 6.10 Å². The summed E-state index contributed by atoms with van der Waals surface area (Å²) in [6, 6.07) is 3.61. The highest BCUT2D eigenvalue weighted by molar-refractivity contribution is 5.94. The number of carbonyl (C=O) groups excluding carboxylic acids is 1. The number of H-pyrrole nitrogens is 1. The number of hydrogen-bond donors (Lipinski definition) is 1. The van der Waals surface area contributed by atoms with Crippen LogP contribution in [0.3, 0.4) is 0 Å². The second-order valence-electron chi connectivity index (χ2n) is 5.39. The van der Waals surface area contributed by atoms with E-state index in [-0.39, 0.29) is 12.0 Å². The van der Waals surface area contributed by atoms with Gasteiger partial charge in [0.05, 0.1) is 24.4 Å². The lowest BCUT2D eigenvalue weighted by molar-refractivity contribution is -0.0247. The molecule has 0 aliphatic carbocycles. The zero-order valence-corrected chi connectivity index (χ0v) is 12.7. The Bertz CT molecular complexity index is 641. The van der Waals surface area contributed by atoms with Crippen LogP contribution in [-0.2, 0) is 4.74 Å². The third-order valence-corrected chi connectivity index (χ3v) is 3.59. The molecule has 0 saturated carbocycles. The van der Waals surface area contributed by atoms with Crippen molar-refractivity contribution in [3.05, 3.63) is 42.0 Å². The first-order valence-corrected chi connectivity index (χ1v) is 7.19. The maximum atomic E-state index is 12.4. The Hall–Kier alpha value is -2.41. The SMILES string of the molecule is CN(C)c1nccc([C@@H]2CN(C(=O)c3cc[nH]c3)CCO2)n1. The molecule has 2 aromatic heterocycles. The lowest BCUT2D eigenvalue weighted by Crippen LogP contribution is -2.42. The normalized spacial score (nSPS) is 18.3. The van der Waals surface area contributed by atoms with Crippen molar-refractivity contribution >= 4 is 11.9 Å². The third kappa shape index (κ3) is 2.94. The Balaban J connectivity index is 1.75. The number of nitrogens with zero attached hydrogens (tertiary/aromatic N) is 4. The van der Waals surface area contributed by atoms with Gasteiger partial charge < -0.3 is 19.5 Å². The molecule has 0 unspecified atom stereocenters. The monoisotopic (exact) mass is 301 g/mol. The van der Waals surface area contributed by atoms with Crippen LogP contribution in [0, 0.1) is 0 Å². The van der Waals surface area contributed by atoms with Crippen LogP contribution in [0.1, 0.15) is 22.2 Å². The van der Waals surface area contributed by atoms with Crippen LogP contribution in [0.25, 0.3) is 0 Å². The minimum absolute atomic E-state index is 0.0106. The molecule has 116 valence electrons. The van der Waals surface area contributed by atoms with Crippen LogP contribution < -0.4 is 4.90 Å². The highest BCUT2D eigenvalue weighted by atomic mass is 16.5. The summed E-state index contributed by atoms with van der Waals surface area (Å²) in [6.07, 6.45) is 4.95. The van der Waals surface area contributed by atoms with E-state index >= 15 is 0 Å². The summed E-state index contributed by atoms with van der Waals surface area (Å²) in [5.41, 5.74) is 1.46. The van der Waals surface area contributed by atoms with E-state index < -0.39 is 0 Å². The molecule has 3 heterocycles. The molecule has 1 fully saturated rings. The molecule has 22 heavy (non-hydrogen) atoms. The van der Waals surface area contributed by atoms with Gasteiger partial charge >= 0.3 is 0 Å². The molecule has 1 atom stereocenters. The number of aromatic nitrogens is 3. The van der Waals surface area contributed by atoms with Crippen LogP contribution in [0.2, 0.25) is 0 Å². The number of rotatable bonds is 3. The lowest BCUT2D eigenvalue weighted by atomic mass is 10.2. The van der Waals surface area contributed by atoms with E-state index in [1.807, 2.05) is 25.1 Å². The predicted octanol–water partition coefficient (Wildman–Crippen LogP) is 1.08. The van der Waals surface area contributed by atoms with E-state index in [1.165, 1.54) is 0 Å². The summed E-state index contributed by atoms with van der Waals surface area (Å²) >= 11 is 0. The highest BCUT2D eigenvalue weighted by Gasteiger charge is 2.27.